The van der Waals surface area contributed by atoms with Crippen LogP contribution < -0.4 is 5.73 Å². The summed E-state index contributed by atoms with van der Waals surface area (Å²) in [6.45, 7) is 0. The van der Waals surface area contributed by atoms with E-state index in [0.717, 1.165) is 30.0 Å². The van der Waals surface area contributed by atoms with Crippen molar-refractivity contribution in [2.75, 3.05) is 0 Å². The molecule has 96 valence electrons. The van der Waals surface area contributed by atoms with Gasteiger partial charge in [-0.3, -0.25) is 4.90 Å². The van der Waals surface area contributed by atoms with Crippen molar-refractivity contribution in [2.24, 2.45) is 17.6 Å². The number of nitrogens with zero attached hydrogens (tertiary/aromatic N) is 1. The van der Waals surface area contributed by atoms with E-state index in [-0.39, 0.29) is 0 Å². The van der Waals surface area contributed by atoms with Crippen LogP contribution in [-0.4, -0.2) is 29.1 Å². The summed E-state index contributed by atoms with van der Waals surface area (Å²) in [7, 11) is 0. The molecule has 2 aliphatic heterocycles. The molecule has 0 aromatic carbocycles. The van der Waals surface area contributed by atoms with Gasteiger partial charge in [-0.15, -0.1) is 0 Å². The van der Waals surface area contributed by atoms with Gasteiger partial charge in [0.1, 0.15) is 0 Å². The molecule has 2 N–H and O–H groups in total. The Balaban J connectivity index is 1.58. The van der Waals surface area contributed by atoms with E-state index < -0.39 is 0 Å². The van der Waals surface area contributed by atoms with Crippen molar-refractivity contribution in [3.63, 3.8) is 0 Å². The molecular formula is C15H26N2. The minimum Gasteiger partial charge on any atom is -0.328 e. The summed E-state index contributed by atoms with van der Waals surface area (Å²) < 4.78 is 0. The second kappa shape index (κ2) is 3.96. The van der Waals surface area contributed by atoms with Crippen LogP contribution in [0.1, 0.15) is 57.8 Å². The minimum atomic E-state index is 0.501. The molecule has 0 aromatic heterocycles. The zero-order valence-corrected chi connectivity index (χ0v) is 10.9. The van der Waals surface area contributed by atoms with Gasteiger partial charge in [0.15, 0.2) is 0 Å². The highest BCUT2D eigenvalue weighted by Crippen LogP contribution is 2.51. The van der Waals surface area contributed by atoms with Gasteiger partial charge >= 0.3 is 0 Å². The molecule has 4 aliphatic rings. The number of nitrogens with two attached hydrogens (primary N) is 1. The van der Waals surface area contributed by atoms with Gasteiger partial charge in [-0.25, -0.2) is 0 Å². The van der Waals surface area contributed by atoms with E-state index in [1.54, 1.807) is 0 Å². The number of hydrogen-bond donors (Lipinski definition) is 1. The lowest BCUT2D eigenvalue weighted by atomic mass is 9.79. The summed E-state index contributed by atoms with van der Waals surface area (Å²) in [6, 6.07) is 3.17. The molecule has 2 heteroatoms. The molecular weight excluding hydrogens is 208 g/mol. The quantitative estimate of drug-likeness (QED) is 0.813. The first-order chi connectivity index (χ1) is 8.33. The molecule has 2 bridgehead atoms. The van der Waals surface area contributed by atoms with Crippen molar-refractivity contribution in [1.29, 1.82) is 0 Å². The van der Waals surface area contributed by atoms with Crippen LogP contribution in [0.5, 0.6) is 0 Å². The summed E-state index contributed by atoms with van der Waals surface area (Å²) in [5.41, 5.74) is 6.24. The summed E-state index contributed by atoms with van der Waals surface area (Å²) in [6.07, 6.45) is 13.0. The Morgan fingerprint density at radius 3 is 1.82 bits per heavy atom. The monoisotopic (exact) mass is 234 g/mol. The molecule has 0 radical (unpaired) electrons. The van der Waals surface area contributed by atoms with Gasteiger partial charge in [-0.2, -0.15) is 0 Å². The topological polar surface area (TPSA) is 29.3 Å². The van der Waals surface area contributed by atoms with Gasteiger partial charge in [-0.1, -0.05) is 6.42 Å². The van der Waals surface area contributed by atoms with E-state index in [4.69, 9.17) is 5.73 Å². The molecule has 2 heterocycles. The standard InChI is InChI=1S/C15H26N2/c16-12-8-13-2-1-3-14(9-12)17(13)15(10-4-5-10)11-6-7-11/h10-15H,1-9,16H2. The molecule has 2 aliphatic carbocycles. The highest BCUT2D eigenvalue weighted by Gasteiger charge is 2.50. The Morgan fingerprint density at radius 1 is 0.824 bits per heavy atom. The second-order valence-corrected chi connectivity index (χ2v) is 7.08. The van der Waals surface area contributed by atoms with E-state index in [9.17, 15) is 0 Å². The Labute approximate surface area is 105 Å². The largest absolute Gasteiger partial charge is 0.328 e. The lowest BCUT2D eigenvalue weighted by Gasteiger charge is -2.52. The van der Waals surface area contributed by atoms with E-state index >= 15 is 0 Å². The first-order valence-electron chi connectivity index (χ1n) is 7.86. The average molecular weight is 234 g/mol. The Hall–Kier alpha value is -0.0800. The first kappa shape index (κ1) is 10.8. The van der Waals surface area contributed by atoms with Crippen LogP contribution >= 0.6 is 0 Å². The van der Waals surface area contributed by atoms with Crippen LogP contribution in [0.4, 0.5) is 0 Å². The van der Waals surface area contributed by atoms with Gasteiger partial charge < -0.3 is 5.73 Å². The lowest BCUT2D eigenvalue weighted by Crippen LogP contribution is -2.60. The zero-order valence-electron chi connectivity index (χ0n) is 10.9. The summed E-state index contributed by atoms with van der Waals surface area (Å²) >= 11 is 0. The molecule has 0 spiro atoms. The molecule has 2 saturated carbocycles. The van der Waals surface area contributed by atoms with Crippen molar-refractivity contribution in [3.05, 3.63) is 0 Å². The number of piperidine rings is 2. The fourth-order valence-electron chi connectivity index (χ4n) is 4.69. The van der Waals surface area contributed by atoms with Crippen molar-refractivity contribution in [2.45, 2.75) is 82.0 Å². The highest BCUT2D eigenvalue weighted by molar-refractivity contribution is 5.05. The van der Waals surface area contributed by atoms with Gasteiger partial charge in [-0.05, 0) is 63.2 Å². The van der Waals surface area contributed by atoms with Crippen LogP contribution in [0.3, 0.4) is 0 Å². The molecule has 2 saturated heterocycles. The summed E-state index contributed by atoms with van der Waals surface area (Å²) in [5.74, 6) is 2.14. The molecule has 4 fully saturated rings. The van der Waals surface area contributed by atoms with Crippen molar-refractivity contribution < 1.29 is 0 Å². The molecule has 4 rings (SSSR count). The number of rotatable bonds is 3. The highest BCUT2D eigenvalue weighted by atomic mass is 15.3. The third kappa shape index (κ3) is 1.94. The van der Waals surface area contributed by atoms with E-state index in [2.05, 4.69) is 4.90 Å². The Bertz CT molecular complexity index is 269. The van der Waals surface area contributed by atoms with Crippen molar-refractivity contribution in [1.82, 2.24) is 4.90 Å². The first-order valence-corrected chi connectivity index (χ1v) is 7.86. The fourth-order valence-corrected chi connectivity index (χ4v) is 4.69. The molecule has 0 amide bonds. The van der Waals surface area contributed by atoms with Crippen LogP contribution in [0, 0.1) is 11.8 Å². The molecule has 2 unspecified atom stereocenters. The minimum absolute atomic E-state index is 0.501. The predicted octanol–water partition coefficient (Wildman–Crippen LogP) is 2.52. The van der Waals surface area contributed by atoms with Crippen LogP contribution in [0.25, 0.3) is 0 Å². The zero-order chi connectivity index (χ0) is 11.4. The maximum Gasteiger partial charge on any atom is 0.0158 e. The van der Waals surface area contributed by atoms with Crippen LogP contribution in [0.15, 0.2) is 0 Å². The average Bonchev–Trinajstić information content (AvgIpc) is 3.11. The Morgan fingerprint density at radius 2 is 1.35 bits per heavy atom. The fraction of sp³-hybridized carbons (Fsp3) is 1.00. The van der Waals surface area contributed by atoms with Gasteiger partial charge in [0, 0.05) is 24.2 Å². The second-order valence-electron chi connectivity index (χ2n) is 7.08. The number of hydrogen-bond acceptors (Lipinski definition) is 2. The molecule has 17 heavy (non-hydrogen) atoms. The smallest absolute Gasteiger partial charge is 0.0158 e. The maximum absolute atomic E-state index is 6.24. The third-order valence-corrected chi connectivity index (χ3v) is 5.62. The third-order valence-electron chi connectivity index (χ3n) is 5.62. The molecule has 2 atom stereocenters. The van der Waals surface area contributed by atoms with Crippen molar-refractivity contribution >= 4 is 0 Å². The number of fused-ring (bicyclic) bond motifs is 2. The predicted molar refractivity (Wildman–Crippen MR) is 69.7 cm³/mol. The molecule has 0 aromatic rings. The Kier molecular flexibility index (Phi) is 2.52. The van der Waals surface area contributed by atoms with E-state index in [1.165, 1.54) is 57.8 Å². The van der Waals surface area contributed by atoms with Crippen molar-refractivity contribution in [3.8, 4) is 0 Å². The summed E-state index contributed by atoms with van der Waals surface area (Å²) in [5, 5.41) is 0. The van der Waals surface area contributed by atoms with E-state index in [1.807, 2.05) is 0 Å². The lowest BCUT2D eigenvalue weighted by molar-refractivity contribution is -0.0206. The summed E-state index contributed by atoms with van der Waals surface area (Å²) in [4.78, 5) is 2.99. The molecule has 2 nitrogen and oxygen atoms in total. The maximum atomic E-state index is 6.24. The normalized spacial score (nSPS) is 43.1. The SMILES string of the molecule is NC1CC2CCCC(C1)N2C(C1CC1)C1CC1. The van der Waals surface area contributed by atoms with Gasteiger partial charge in [0.05, 0.1) is 0 Å². The van der Waals surface area contributed by atoms with Crippen LogP contribution in [0.2, 0.25) is 0 Å². The van der Waals surface area contributed by atoms with Gasteiger partial charge in [0.2, 0.25) is 0 Å². The van der Waals surface area contributed by atoms with Crippen LogP contribution in [-0.2, 0) is 0 Å². The van der Waals surface area contributed by atoms with E-state index in [0.29, 0.717) is 6.04 Å². The van der Waals surface area contributed by atoms with Gasteiger partial charge in [0.25, 0.3) is 0 Å².